The van der Waals surface area contributed by atoms with Crippen LogP contribution in [-0.4, -0.2) is 17.3 Å². The van der Waals surface area contributed by atoms with Crippen LogP contribution in [0.15, 0.2) is 27.1 Å². The molecule has 1 aromatic carbocycles. The van der Waals surface area contributed by atoms with Crippen molar-refractivity contribution in [2.24, 2.45) is 0 Å². The lowest BCUT2D eigenvalue weighted by Gasteiger charge is -2.16. The summed E-state index contributed by atoms with van der Waals surface area (Å²) >= 11 is 10.2. The van der Waals surface area contributed by atoms with E-state index in [1.807, 2.05) is 18.2 Å². The second-order valence-corrected chi connectivity index (χ2v) is 6.24. The first-order chi connectivity index (χ1) is 8.08. The highest BCUT2D eigenvalue weighted by Gasteiger charge is 2.14. The van der Waals surface area contributed by atoms with E-state index in [1.54, 1.807) is 0 Å². The Bertz CT molecular complexity index is 395. The van der Waals surface area contributed by atoms with Crippen molar-refractivity contribution in [3.8, 4) is 0 Å². The zero-order valence-corrected chi connectivity index (χ0v) is 14.2. The molecule has 5 heteroatoms. The number of halogens is 3. The number of rotatable bonds is 5. The predicted octanol–water partition coefficient (Wildman–Crippen LogP) is 4.51. The number of amides is 1. The Balaban J connectivity index is 2.78. The maximum atomic E-state index is 12.1. The Labute approximate surface area is 127 Å². The van der Waals surface area contributed by atoms with Crippen LogP contribution in [0.5, 0.6) is 0 Å². The molecule has 0 aliphatic heterocycles. The summed E-state index contributed by atoms with van der Waals surface area (Å²) in [6.07, 6.45) is 1.87. The summed E-state index contributed by atoms with van der Waals surface area (Å²) in [5.41, 5.74) is 0.660. The van der Waals surface area contributed by atoms with Crippen molar-refractivity contribution in [3.05, 3.63) is 32.7 Å². The van der Waals surface area contributed by atoms with Crippen molar-refractivity contribution in [1.29, 1.82) is 0 Å². The molecule has 0 heterocycles. The number of hydrogen-bond donors (Lipinski definition) is 1. The molecule has 0 aromatic heterocycles. The number of benzene rings is 1. The first-order valence-corrected chi connectivity index (χ1v) is 8.11. The zero-order valence-electron chi connectivity index (χ0n) is 9.47. The fourth-order valence-corrected chi connectivity index (χ4v) is 2.79. The van der Waals surface area contributed by atoms with Gasteiger partial charge in [0.2, 0.25) is 0 Å². The van der Waals surface area contributed by atoms with Crippen LogP contribution in [0.1, 0.15) is 30.1 Å². The zero-order chi connectivity index (χ0) is 12.8. The summed E-state index contributed by atoms with van der Waals surface area (Å²) in [7, 11) is 0. The van der Waals surface area contributed by atoms with E-state index in [9.17, 15) is 4.79 Å². The lowest BCUT2D eigenvalue weighted by Crippen LogP contribution is -2.34. The summed E-state index contributed by atoms with van der Waals surface area (Å²) < 4.78 is 1.71. The van der Waals surface area contributed by atoms with Crippen LogP contribution in [0.2, 0.25) is 0 Å². The molecule has 1 atom stereocenters. The fourth-order valence-electron chi connectivity index (χ4n) is 1.44. The van der Waals surface area contributed by atoms with Crippen molar-refractivity contribution in [2.75, 3.05) is 5.33 Å². The molecule has 0 saturated carbocycles. The molecule has 1 unspecified atom stereocenters. The van der Waals surface area contributed by atoms with Gasteiger partial charge in [0.05, 0.1) is 5.56 Å². The minimum atomic E-state index is -0.0361. The number of hydrogen-bond acceptors (Lipinski definition) is 1. The van der Waals surface area contributed by atoms with Crippen molar-refractivity contribution in [2.45, 2.75) is 25.8 Å². The summed E-state index contributed by atoms with van der Waals surface area (Å²) in [4.78, 5) is 12.1. The third-order valence-corrected chi connectivity index (χ3v) is 4.10. The lowest BCUT2D eigenvalue weighted by atomic mass is 10.1. The van der Waals surface area contributed by atoms with E-state index in [-0.39, 0.29) is 11.9 Å². The van der Waals surface area contributed by atoms with Gasteiger partial charge < -0.3 is 5.32 Å². The molecule has 0 aliphatic rings. The molecule has 1 rings (SSSR count). The van der Waals surface area contributed by atoms with Crippen LogP contribution in [0.25, 0.3) is 0 Å². The highest BCUT2D eigenvalue weighted by Crippen LogP contribution is 2.21. The average Bonchev–Trinajstić information content (AvgIpc) is 2.31. The molecular formula is C12H14Br3NO. The number of nitrogens with one attached hydrogen (secondary N) is 1. The second kappa shape index (κ2) is 7.54. The third kappa shape index (κ3) is 4.72. The molecule has 0 saturated heterocycles. The van der Waals surface area contributed by atoms with Crippen LogP contribution < -0.4 is 5.32 Å². The summed E-state index contributed by atoms with van der Waals surface area (Å²) in [6.45, 7) is 2.07. The lowest BCUT2D eigenvalue weighted by molar-refractivity contribution is 0.0934. The van der Waals surface area contributed by atoms with E-state index in [0.717, 1.165) is 27.1 Å². The van der Waals surface area contributed by atoms with Gasteiger partial charge in [-0.25, -0.2) is 0 Å². The van der Waals surface area contributed by atoms with Gasteiger partial charge in [0.15, 0.2) is 0 Å². The molecule has 2 nitrogen and oxygen atoms in total. The molecule has 1 N–H and O–H groups in total. The molecule has 17 heavy (non-hydrogen) atoms. The van der Waals surface area contributed by atoms with E-state index in [4.69, 9.17) is 0 Å². The van der Waals surface area contributed by atoms with Crippen molar-refractivity contribution in [3.63, 3.8) is 0 Å². The molecule has 1 aromatic rings. The van der Waals surface area contributed by atoms with Gasteiger partial charge in [-0.3, -0.25) is 4.79 Å². The first-order valence-electron chi connectivity index (χ1n) is 5.40. The van der Waals surface area contributed by atoms with Gasteiger partial charge in [0.25, 0.3) is 5.91 Å². The van der Waals surface area contributed by atoms with E-state index in [0.29, 0.717) is 5.56 Å². The molecule has 94 valence electrons. The maximum absolute atomic E-state index is 12.1. The van der Waals surface area contributed by atoms with Crippen LogP contribution in [0.3, 0.4) is 0 Å². The Morgan fingerprint density at radius 3 is 2.71 bits per heavy atom. The minimum absolute atomic E-state index is 0.0361. The highest BCUT2D eigenvalue weighted by atomic mass is 79.9. The number of alkyl halides is 1. The number of carbonyl (C=O) groups excluding carboxylic acids is 1. The Morgan fingerprint density at radius 1 is 1.41 bits per heavy atom. The third-order valence-electron chi connectivity index (χ3n) is 2.46. The van der Waals surface area contributed by atoms with Gasteiger partial charge in [-0.1, -0.05) is 38.8 Å². The normalized spacial score (nSPS) is 12.2. The Kier molecular flexibility index (Phi) is 6.74. The maximum Gasteiger partial charge on any atom is 0.252 e. The Morgan fingerprint density at radius 2 is 2.12 bits per heavy atom. The average molecular weight is 428 g/mol. The minimum Gasteiger partial charge on any atom is -0.349 e. The molecule has 0 bridgehead atoms. The summed E-state index contributed by atoms with van der Waals surface area (Å²) in [5.74, 6) is -0.0361. The molecule has 0 fully saturated rings. The predicted molar refractivity (Wildman–Crippen MR) is 81.8 cm³/mol. The van der Waals surface area contributed by atoms with Crippen molar-refractivity contribution < 1.29 is 4.79 Å². The van der Waals surface area contributed by atoms with Gasteiger partial charge in [-0.2, -0.15) is 0 Å². The Hall–Kier alpha value is 0.130. The van der Waals surface area contributed by atoms with Gasteiger partial charge in [0, 0.05) is 20.3 Å². The first kappa shape index (κ1) is 15.2. The van der Waals surface area contributed by atoms with Crippen molar-refractivity contribution in [1.82, 2.24) is 5.32 Å². The monoisotopic (exact) mass is 425 g/mol. The fraction of sp³-hybridized carbons (Fsp3) is 0.417. The van der Waals surface area contributed by atoms with Crippen LogP contribution >= 0.6 is 47.8 Å². The molecule has 0 radical (unpaired) electrons. The quantitative estimate of drug-likeness (QED) is 0.688. The molecule has 1 amide bonds. The van der Waals surface area contributed by atoms with E-state index < -0.39 is 0 Å². The van der Waals surface area contributed by atoms with Gasteiger partial charge in [0.1, 0.15) is 0 Å². The molecule has 0 aliphatic carbocycles. The summed E-state index contributed by atoms with van der Waals surface area (Å²) in [6, 6.07) is 5.80. The standard InChI is InChI=1S/C12H14Br3NO/c1-2-9(5-6-13)16-12(17)10-7-8(14)3-4-11(10)15/h3-4,7,9H,2,5-6H2,1H3,(H,16,17). The van der Waals surface area contributed by atoms with E-state index in [2.05, 4.69) is 60.0 Å². The second-order valence-electron chi connectivity index (χ2n) is 3.68. The SMILES string of the molecule is CCC(CCBr)NC(=O)c1cc(Br)ccc1Br. The van der Waals surface area contributed by atoms with Crippen molar-refractivity contribution >= 4 is 53.7 Å². The van der Waals surface area contributed by atoms with Crippen LogP contribution in [0.4, 0.5) is 0 Å². The van der Waals surface area contributed by atoms with Crippen LogP contribution in [-0.2, 0) is 0 Å². The van der Waals surface area contributed by atoms with Gasteiger partial charge in [-0.15, -0.1) is 0 Å². The number of carbonyl (C=O) groups is 1. The summed E-state index contributed by atoms with van der Waals surface area (Å²) in [5, 5.41) is 3.93. The molecular weight excluding hydrogens is 414 g/mol. The van der Waals surface area contributed by atoms with E-state index in [1.165, 1.54) is 0 Å². The molecule has 0 spiro atoms. The van der Waals surface area contributed by atoms with Crippen LogP contribution in [0, 0.1) is 0 Å². The van der Waals surface area contributed by atoms with Gasteiger partial charge >= 0.3 is 0 Å². The smallest absolute Gasteiger partial charge is 0.252 e. The highest BCUT2D eigenvalue weighted by molar-refractivity contribution is 9.11. The largest absolute Gasteiger partial charge is 0.349 e. The van der Waals surface area contributed by atoms with Gasteiger partial charge in [-0.05, 0) is 47.0 Å². The van der Waals surface area contributed by atoms with E-state index >= 15 is 0 Å². The topological polar surface area (TPSA) is 29.1 Å².